The van der Waals surface area contributed by atoms with Crippen molar-refractivity contribution in [3.05, 3.63) is 0 Å². The van der Waals surface area contributed by atoms with Gasteiger partial charge in [-0.3, -0.25) is 14.5 Å². The monoisotopic (exact) mass is 286 g/mol. The molecule has 0 aromatic carbocycles. The predicted octanol–water partition coefficient (Wildman–Crippen LogP) is 0.591. The molecule has 0 aromatic heterocycles. The first-order chi connectivity index (χ1) is 9.43. The lowest BCUT2D eigenvalue weighted by Crippen LogP contribution is -2.45. The molecule has 116 valence electrons. The Balaban J connectivity index is 2.35. The molecule has 1 heterocycles. The van der Waals surface area contributed by atoms with Crippen LogP contribution in [-0.2, 0) is 9.59 Å². The zero-order valence-corrected chi connectivity index (χ0v) is 12.3. The molecule has 0 radical (unpaired) electrons. The molecule has 1 amide bonds. The zero-order valence-electron chi connectivity index (χ0n) is 12.3. The molecule has 0 spiro atoms. The minimum Gasteiger partial charge on any atom is -0.480 e. The minimum atomic E-state index is -0.981. The van der Waals surface area contributed by atoms with Gasteiger partial charge < -0.3 is 15.5 Å². The van der Waals surface area contributed by atoms with Crippen molar-refractivity contribution < 1.29 is 19.8 Å². The molecular weight excluding hydrogens is 260 g/mol. The molecule has 3 unspecified atom stereocenters. The Kier molecular flexibility index (Phi) is 6.95. The number of amides is 1. The first-order valence-corrected chi connectivity index (χ1v) is 7.38. The summed E-state index contributed by atoms with van der Waals surface area (Å²) < 4.78 is 0. The number of carbonyl (C=O) groups excluding carboxylic acids is 1. The van der Waals surface area contributed by atoms with Gasteiger partial charge in [0.05, 0.1) is 12.6 Å². The SMILES string of the molecule is CCCCCC(C)NC(=O)CN1CC(O)CC1C(=O)O. The maximum atomic E-state index is 11.9. The number of carboxylic acids is 1. The largest absolute Gasteiger partial charge is 0.480 e. The summed E-state index contributed by atoms with van der Waals surface area (Å²) in [6.07, 6.45) is 3.84. The van der Waals surface area contributed by atoms with E-state index < -0.39 is 18.1 Å². The summed E-state index contributed by atoms with van der Waals surface area (Å²) >= 11 is 0. The summed E-state index contributed by atoms with van der Waals surface area (Å²) in [5.74, 6) is -1.15. The smallest absolute Gasteiger partial charge is 0.321 e. The lowest BCUT2D eigenvalue weighted by atomic mass is 10.1. The van der Waals surface area contributed by atoms with Crippen LogP contribution in [0.4, 0.5) is 0 Å². The molecule has 6 heteroatoms. The van der Waals surface area contributed by atoms with Gasteiger partial charge in [0.15, 0.2) is 0 Å². The fourth-order valence-corrected chi connectivity index (χ4v) is 2.59. The lowest BCUT2D eigenvalue weighted by Gasteiger charge is -2.21. The molecule has 0 bridgehead atoms. The summed E-state index contributed by atoms with van der Waals surface area (Å²) in [4.78, 5) is 24.5. The molecule has 6 nitrogen and oxygen atoms in total. The topological polar surface area (TPSA) is 89.9 Å². The van der Waals surface area contributed by atoms with Crippen LogP contribution in [0.5, 0.6) is 0 Å². The van der Waals surface area contributed by atoms with Crippen molar-refractivity contribution in [3.63, 3.8) is 0 Å². The second kappa shape index (κ2) is 8.21. The molecule has 0 aromatic rings. The quantitative estimate of drug-likeness (QED) is 0.568. The van der Waals surface area contributed by atoms with E-state index in [1.54, 1.807) is 0 Å². The maximum absolute atomic E-state index is 11.9. The van der Waals surface area contributed by atoms with E-state index in [9.17, 15) is 14.7 Å². The van der Waals surface area contributed by atoms with Crippen LogP contribution in [-0.4, -0.2) is 58.3 Å². The van der Waals surface area contributed by atoms with E-state index in [0.29, 0.717) is 0 Å². The average Bonchev–Trinajstić information content (AvgIpc) is 2.70. The molecule has 1 saturated heterocycles. The van der Waals surface area contributed by atoms with Crippen LogP contribution >= 0.6 is 0 Å². The van der Waals surface area contributed by atoms with Crippen molar-refractivity contribution in [3.8, 4) is 0 Å². The van der Waals surface area contributed by atoms with E-state index >= 15 is 0 Å². The first-order valence-electron chi connectivity index (χ1n) is 7.38. The number of nitrogens with zero attached hydrogens (tertiary/aromatic N) is 1. The van der Waals surface area contributed by atoms with Gasteiger partial charge in [0, 0.05) is 19.0 Å². The van der Waals surface area contributed by atoms with Gasteiger partial charge in [-0.25, -0.2) is 0 Å². The van der Waals surface area contributed by atoms with Gasteiger partial charge in [0.2, 0.25) is 5.91 Å². The third-order valence-corrected chi connectivity index (χ3v) is 3.66. The number of hydrogen-bond donors (Lipinski definition) is 3. The highest BCUT2D eigenvalue weighted by Gasteiger charge is 2.36. The maximum Gasteiger partial charge on any atom is 0.321 e. The van der Waals surface area contributed by atoms with E-state index in [-0.39, 0.29) is 31.5 Å². The Morgan fingerprint density at radius 2 is 2.10 bits per heavy atom. The van der Waals surface area contributed by atoms with E-state index in [1.807, 2.05) is 6.92 Å². The minimum absolute atomic E-state index is 0.0339. The fourth-order valence-electron chi connectivity index (χ4n) is 2.59. The highest BCUT2D eigenvalue weighted by atomic mass is 16.4. The number of aliphatic hydroxyl groups excluding tert-OH is 1. The third-order valence-electron chi connectivity index (χ3n) is 3.66. The van der Waals surface area contributed by atoms with Gasteiger partial charge in [-0.05, 0) is 13.3 Å². The Morgan fingerprint density at radius 3 is 2.70 bits per heavy atom. The summed E-state index contributed by atoms with van der Waals surface area (Å²) in [6.45, 7) is 4.37. The normalized spacial score (nSPS) is 24.6. The van der Waals surface area contributed by atoms with Crippen molar-refractivity contribution in [2.75, 3.05) is 13.1 Å². The summed E-state index contributed by atoms with van der Waals surface area (Å²) in [5, 5.41) is 21.5. The average molecular weight is 286 g/mol. The molecule has 1 aliphatic heterocycles. The Bertz CT molecular complexity index is 335. The van der Waals surface area contributed by atoms with E-state index in [2.05, 4.69) is 12.2 Å². The third kappa shape index (κ3) is 5.46. The number of nitrogens with one attached hydrogen (secondary N) is 1. The van der Waals surface area contributed by atoms with Gasteiger partial charge in [-0.2, -0.15) is 0 Å². The number of aliphatic carboxylic acids is 1. The molecule has 20 heavy (non-hydrogen) atoms. The van der Waals surface area contributed by atoms with Gasteiger partial charge >= 0.3 is 5.97 Å². The molecule has 0 saturated carbocycles. The van der Waals surface area contributed by atoms with Crippen molar-refractivity contribution in [1.82, 2.24) is 10.2 Å². The second-order valence-corrected chi connectivity index (χ2v) is 5.64. The molecule has 1 fully saturated rings. The second-order valence-electron chi connectivity index (χ2n) is 5.64. The van der Waals surface area contributed by atoms with Crippen molar-refractivity contribution in [1.29, 1.82) is 0 Å². The number of rotatable bonds is 8. The molecular formula is C14H26N2O4. The van der Waals surface area contributed by atoms with E-state index in [1.165, 1.54) is 4.90 Å². The van der Waals surface area contributed by atoms with Gasteiger partial charge in [-0.15, -0.1) is 0 Å². The summed E-state index contributed by atoms with van der Waals surface area (Å²) in [5.41, 5.74) is 0. The van der Waals surface area contributed by atoms with Gasteiger partial charge in [0.1, 0.15) is 6.04 Å². The zero-order chi connectivity index (χ0) is 15.1. The van der Waals surface area contributed by atoms with Crippen LogP contribution in [0, 0.1) is 0 Å². The van der Waals surface area contributed by atoms with Crippen LogP contribution in [0.2, 0.25) is 0 Å². The number of carboxylic acid groups (broad SMARTS) is 1. The Morgan fingerprint density at radius 1 is 1.40 bits per heavy atom. The van der Waals surface area contributed by atoms with Crippen molar-refractivity contribution >= 4 is 11.9 Å². The highest BCUT2D eigenvalue weighted by molar-refractivity contribution is 5.80. The Hall–Kier alpha value is -1.14. The van der Waals surface area contributed by atoms with Crippen LogP contribution in [0.25, 0.3) is 0 Å². The molecule has 0 aliphatic carbocycles. The number of unbranched alkanes of at least 4 members (excludes halogenated alkanes) is 2. The number of β-amino-alcohol motifs (C(OH)–C–C–N with tert-alkyl or cyclic N) is 1. The van der Waals surface area contributed by atoms with Gasteiger partial charge in [0.25, 0.3) is 0 Å². The Labute approximate surface area is 120 Å². The molecule has 3 N–H and O–H groups in total. The number of aliphatic hydroxyl groups is 1. The van der Waals surface area contributed by atoms with E-state index in [4.69, 9.17) is 5.11 Å². The van der Waals surface area contributed by atoms with Crippen LogP contribution < -0.4 is 5.32 Å². The van der Waals surface area contributed by atoms with Crippen LogP contribution in [0.3, 0.4) is 0 Å². The summed E-state index contributed by atoms with van der Waals surface area (Å²) in [7, 11) is 0. The predicted molar refractivity (Wildman–Crippen MR) is 75.4 cm³/mol. The number of hydrogen-bond acceptors (Lipinski definition) is 4. The van der Waals surface area contributed by atoms with Crippen molar-refractivity contribution in [2.45, 2.75) is 64.1 Å². The van der Waals surface area contributed by atoms with Gasteiger partial charge in [-0.1, -0.05) is 26.2 Å². The van der Waals surface area contributed by atoms with E-state index in [0.717, 1.165) is 25.7 Å². The first kappa shape index (κ1) is 16.9. The standard InChI is InChI=1S/C14H26N2O4/c1-3-4-5-6-10(2)15-13(18)9-16-8-11(17)7-12(16)14(19)20/h10-12,17H,3-9H2,1-2H3,(H,15,18)(H,19,20). The molecule has 1 aliphatic rings. The number of likely N-dealkylation sites (tertiary alicyclic amines) is 1. The fraction of sp³-hybridized carbons (Fsp3) is 0.857. The lowest BCUT2D eigenvalue weighted by molar-refractivity contribution is -0.142. The van der Waals surface area contributed by atoms with Crippen LogP contribution in [0.15, 0.2) is 0 Å². The molecule has 3 atom stereocenters. The van der Waals surface area contributed by atoms with Crippen molar-refractivity contribution in [2.24, 2.45) is 0 Å². The molecule has 1 rings (SSSR count). The highest BCUT2D eigenvalue weighted by Crippen LogP contribution is 2.17. The summed E-state index contributed by atoms with van der Waals surface area (Å²) in [6, 6.07) is -0.656. The van der Waals surface area contributed by atoms with Crippen LogP contribution in [0.1, 0.15) is 46.0 Å². The number of carbonyl (C=O) groups is 2.